The van der Waals surface area contributed by atoms with E-state index in [9.17, 15) is 4.79 Å². The predicted octanol–water partition coefficient (Wildman–Crippen LogP) is 2.39. The Kier molecular flexibility index (Phi) is 5.35. The molecule has 1 fully saturated rings. The first-order valence-electron chi connectivity index (χ1n) is 5.69. The molecule has 3 heteroatoms. The van der Waals surface area contributed by atoms with Crippen molar-refractivity contribution < 1.29 is 4.79 Å². The van der Waals surface area contributed by atoms with E-state index in [0.717, 1.165) is 18.5 Å². The first kappa shape index (κ1) is 12.5. The van der Waals surface area contributed by atoms with Crippen LogP contribution >= 0.6 is 0 Å². The second-order valence-electron chi connectivity index (χ2n) is 3.92. The first-order chi connectivity index (χ1) is 7.72. The Morgan fingerprint density at radius 1 is 1.38 bits per heavy atom. The molecule has 0 atom stereocenters. The summed E-state index contributed by atoms with van der Waals surface area (Å²) in [7, 11) is 0. The molecule has 0 aromatic carbocycles. The molecule has 1 aliphatic carbocycles. The van der Waals surface area contributed by atoms with Gasteiger partial charge in [0.05, 0.1) is 0 Å². The van der Waals surface area contributed by atoms with Crippen LogP contribution in [0.15, 0.2) is 16.9 Å². The lowest BCUT2D eigenvalue weighted by molar-refractivity contribution is -0.109. The molecule has 1 N–H and O–H groups in total. The minimum absolute atomic E-state index is 0.184. The van der Waals surface area contributed by atoms with Crippen LogP contribution in [-0.4, -0.2) is 11.5 Å². The fourth-order valence-electron chi connectivity index (χ4n) is 1.63. The van der Waals surface area contributed by atoms with Crippen LogP contribution in [-0.2, 0) is 4.79 Å². The number of ketones is 1. The van der Waals surface area contributed by atoms with E-state index >= 15 is 0 Å². The van der Waals surface area contributed by atoms with E-state index in [1.54, 1.807) is 6.92 Å². The topological polar surface area (TPSA) is 41.5 Å². The third-order valence-electron chi connectivity index (χ3n) is 2.42. The molecule has 3 nitrogen and oxygen atoms in total. The van der Waals surface area contributed by atoms with E-state index < -0.39 is 0 Å². The average Bonchev–Trinajstić information content (AvgIpc) is 2.28. The molecule has 1 aliphatic rings. The summed E-state index contributed by atoms with van der Waals surface area (Å²) < 4.78 is 0. The van der Waals surface area contributed by atoms with Crippen LogP contribution in [0.5, 0.6) is 0 Å². The van der Waals surface area contributed by atoms with Crippen molar-refractivity contribution in [2.75, 3.05) is 0 Å². The summed E-state index contributed by atoms with van der Waals surface area (Å²) in [5.74, 6) is 4.85. The number of rotatable bonds is 3. The second kappa shape index (κ2) is 6.84. The Morgan fingerprint density at radius 2 is 2.06 bits per heavy atom. The van der Waals surface area contributed by atoms with Crippen LogP contribution in [0.25, 0.3) is 0 Å². The monoisotopic (exact) mass is 218 g/mol. The number of carbonyl (C=O) groups excluding carboxylic acids is 1. The van der Waals surface area contributed by atoms with Crippen molar-refractivity contribution in [1.29, 1.82) is 0 Å². The quantitative estimate of drug-likeness (QED) is 0.342. The molecular weight excluding hydrogens is 200 g/mol. The molecule has 0 aliphatic heterocycles. The van der Waals surface area contributed by atoms with Crippen LogP contribution in [0, 0.1) is 11.8 Å². The largest absolute Gasteiger partial charge is 0.283 e. The van der Waals surface area contributed by atoms with Gasteiger partial charge in [-0.15, -0.1) is 0 Å². The Morgan fingerprint density at radius 3 is 2.69 bits per heavy atom. The zero-order valence-corrected chi connectivity index (χ0v) is 9.97. The molecule has 16 heavy (non-hydrogen) atoms. The molecular formula is C13H18N2O. The average molecular weight is 218 g/mol. The van der Waals surface area contributed by atoms with Crippen LogP contribution < -0.4 is 5.43 Å². The second-order valence-corrected chi connectivity index (χ2v) is 3.92. The number of hydrogen-bond acceptors (Lipinski definition) is 3. The van der Waals surface area contributed by atoms with Gasteiger partial charge in [-0.1, -0.05) is 12.3 Å². The normalized spacial score (nSPS) is 16.1. The predicted molar refractivity (Wildman–Crippen MR) is 65.9 cm³/mol. The van der Waals surface area contributed by atoms with Crippen LogP contribution in [0.2, 0.25) is 0 Å². The Hall–Kier alpha value is -1.56. The standard InChI is InChI=1S/C13H18N2O/c1-3-7-13(16)10-11(2)14-15-12-8-5-4-6-9-12/h10,14H,4-6,8-9H2,1-2H3/b11-10+. The van der Waals surface area contributed by atoms with Gasteiger partial charge in [-0.05, 0) is 45.5 Å². The van der Waals surface area contributed by atoms with Crippen LogP contribution in [0.3, 0.4) is 0 Å². The number of nitrogens with zero attached hydrogens (tertiary/aromatic N) is 1. The summed E-state index contributed by atoms with van der Waals surface area (Å²) in [5.41, 5.74) is 4.85. The maximum absolute atomic E-state index is 11.2. The highest BCUT2D eigenvalue weighted by Crippen LogP contribution is 2.14. The summed E-state index contributed by atoms with van der Waals surface area (Å²) in [6.45, 7) is 3.47. The van der Waals surface area contributed by atoms with E-state index in [1.807, 2.05) is 6.92 Å². The Bertz CT molecular complexity index is 361. The highest BCUT2D eigenvalue weighted by molar-refractivity contribution is 6.04. The van der Waals surface area contributed by atoms with Crippen LogP contribution in [0.4, 0.5) is 0 Å². The number of hydrazone groups is 1. The van der Waals surface area contributed by atoms with Gasteiger partial charge in [0, 0.05) is 17.5 Å². The molecule has 0 radical (unpaired) electrons. The molecule has 0 amide bonds. The molecule has 0 heterocycles. The Balaban J connectivity index is 2.46. The summed E-state index contributed by atoms with van der Waals surface area (Å²) in [6.07, 6.45) is 7.38. The van der Waals surface area contributed by atoms with Crippen LogP contribution in [0.1, 0.15) is 46.0 Å². The SMILES string of the molecule is CC#CC(=O)/C=C(\C)NN=C1CCCCC1. The number of carbonyl (C=O) groups is 1. The van der Waals surface area contributed by atoms with Gasteiger partial charge in [-0.25, -0.2) is 0 Å². The fourth-order valence-corrected chi connectivity index (χ4v) is 1.63. The summed E-state index contributed by atoms with van der Waals surface area (Å²) in [6, 6.07) is 0. The third kappa shape index (κ3) is 4.79. The molecule has 1 saturated carbocycles. The van der Waals surface area contributed by atoms with Crippen molar-refractivity contribution >= 4 is 11.5 Å². The molecule has 0 aromatic rings. The van der Waals surface area contributed by atoms with Gasteiger partial charge < -0.3 is 0 Å². The van der Waals surface area contributed by atoms with Gasteiger partial charge in [0.15, 0.2) is 0 Å². The van der Waals surface area contributed by atoms with Gasteiger partial charge in [0.2, 0.25) is 5.78 Å². The van der Waals surface area contributed by atoms with E-state index in [0.29, 0.717) is 0 Å². The van der Waals surface area contributed by atoms with Gasteiger partial charge >= 0.3 is 0 Å². The maximum atomic E-state index is 11.2. The van der Waals surface area contributed by atoms with Gasteiger partial charge in [-0.3, -0.25) is 10.2 Å². The lowest BCUT2D eigenvalue weighted by atomic mass is 9.99. The highest BCUT2D eigenvalue weighted by atomic mass is 16.1. The molecule has 0 bridgehead atoms. The molecule has 0 spiro atoms. The molecule has 0 saturated heterocycles. The minimum atomic E-state index is -0.184. The summed E-state index contributed by atoms with van der Waals surface area (Å²) in [5, 5.41) is 4.29. The summed E-state index contributed by atoms with van der Waals surface area (Å²) >= 11 is 0. The maximum Gasteiger partial charge on any atom is 0.230 e. The molecule has 1 rings (SSSR count). The summed E-state index contributed by atoms with van der Waals surface area (Å²) in [4.78, 5) is 11.2. The van der Waals surface area contributed by atoms with Crippen molar-refractivity contribution in [1.82, 2.24) is 5.43 Å². The molecule has 86 valence electrons. The molecule has 0 aromatic heterocycles. The highest BCUT2D eigenvalue weighted by Gasteiger charge is 2.06. The lowest BCUT2D eigenvalue weighted by Crippen LogP contribution is -2.12. The number of hydrogen-bond donors (Lipinski definition) is 1. The minimum Gasteiger partial charge on any atom is -0.283 e. The van der Waals surface area contributed by atoms with E-state index in [4.69, 9.17) is 0 Å². The zero-order valence-electron chi connectivity index (χ0n) is 9.97. The number of allylic oxidation sites excluding steroid dienone is 2. The molecule has 0 unspecified atom stereocenters. The van der Waals surface area contributed by atoms with Crippen molar-refractivity contribution in [3.8, 4) is 11.8 Å². The van der Waals surface area contributed by atoms with E-state index in [1.165, 1.54) is 31.1 Å². The van der Waals surface area contributed by atoms with E-state index in [2.05, 4.69) is 22.4 Å². The van der Waals surface area contributed by atoms with Crippen molar-refractivity contribution in [2.45, 2.75) is 46.0 Å². The van der Waals surface area contributed by atoms with E-state index in [-0.39, 0.29) is 5.78 Å². The zero-order chi connectivity index (χ0) is 11.8. The third-order valence-corrected chi connectivity index (χ3v) is 2.42. The lowest BCUT2D eigenvalue weighted by Gasteiger charge is -2.12. The Labute approximate surface area is 97.0 Å². The van der Waals surface area contributed by atoms with Gasteiger partial charge in [-0.2, -0.15) is 5.10 Å². The smallest absolute Gasteiger partial charge is 0.230 e. The first-order valence-corrected chi connectivity index (χ1v) is 5.69. The number of nitrogens with one attached hydrogen (secondary N) is 1. The van der Waals surface area contributed by atoms with Crippen molar-refractivity contribution in [3.05, 3.63) is 11.8 Å². The van der Waals surface area contributed by atoms with Crippen molar-refractivity contribution in [3.63, 3.8) is 0 Å². The fraction of sp³-hybridized carbons (Fsp3) is 0.538. The van der Waals surface area contributed by atoms with Crippen molar-refractivity contribution in [2.24, 2.45) is 5.10 Å². The van der Waals surface area contributed by atoms with Gasteiger partial charge in [0.1, 0.15) is 0 Å². The van der Waals surface area contributed by atoms with Gasteiger partial charge in [0.25, 0.3) is 0 Å².